The van der Waals surface area contributed by atoms with Crippen LogP contribution in [-0.4, -0.2) is 59.6 Å². The minimum atomic E-state index is -3.80. The van der Waals surface area contributed by atoms with Gasteiger partial charge in [0.25, 0.3) is 5.91 Å². The molecule has 1 aromatic carbocycles. The number of nitrogens with one attached hydrogen (secondary N) is 3. The fourth-order valence-electron chi connectivity index (χ4n) is 3.56. The molecule has 1 saturated heterocycles. The Morgan fingerprint density at radius 3 is 2.79 bits per heavy atom. The maximum atomic E-state index is 13.4. The molecule has 0 unspecified atom stereocenters. The number of aryl methyl sites for hydroxylation is 1. The number of carbonyl (C=O) groups excluding carboxylic acids is 1. The number of nitrogens with zero attached hydrogens (tertiary/aromatic N) is 3. The van der Waals surface area contributed by atoms with E-state index in [0.717, 1.165) is 6.54 Å². The lowest BCUT2D eigenvalue weighted by Crippen LogP contribution is -2.34. The van der Waals surface area contributed by atoms with Crippen LogP contribution in [0, 0.1) is 0 Å². The third-order valence-electron chi connectivity index (χ3n) is 4.98. The maximum absolute atomic E-state index is 13.4. The summed E-state index contributed by atoms with van der Waals surface area (Å²) in [7, 11) is -3.80. The zero-order valence-electron chi connectivity index (χ0n) is 15.9. The van der Waals surface area contributed by atoms with Gasteiger partial charge in [0.05, 0.1) is 16.2 Å². The second kappa shape index (κ2) is 7.58. The molecule has 2 aliphatic rings. The molecule has 29 heavy (non-hydrogen) atoms. The van der Waals surface area contributed by atoms with E-state index in [-0.39, 0.29) is 16.3 Å². The molecule has 4 rings (SSSR count). The van der Waals surface area contributed by atoms with Crippen LogP contribution in [0.15, 0.2) is 27.9 Å². The highest BCUT2D eigenvalue weighted by Gasteiger charge is 2.35. The van der Waals surface area contributed by atoms with Crippen molar-refractivity contribution in [2.75, 3.05) is 31.5 Å². The summed E-state index contributed by atoms with van der Waals surface area (Å²) in [6.07, 6.45) is 2.13. The number of carbonyl (C=O) groups is 1. The SMILES string of the molecule is CCn1nc(/C=C2\C(=O)Nc3cccc(S(=O)(=O)N4CCCNCC4)c32)[nH]c1=O. The molecule has 2 aliphatic heterocycles. The average molecular weight is 418 g/mol. The largest absolute Gasteiger partial charge is 0.343 e. The Hall–Kier alpha value is -2.76. The molecule has 0 atom stereocenters. The van der Waals surface area contributed by atoms with Crippen LogP contribution in [0.2, 0.25) is 0 Å². The standard InChI is InChI=1S/C18H22N6O4S/c1-2-24-18(26)21-15(22-24)11-12-16-13(20-17(12)25)5-3-6-14(16)29(27,28)23-9-4-7-19-8-10-23/h3,5-6,11,19H,2,4,7-10H2,1H3,(H,20,25)(H,21,22,26)/b12-11-. The van der Waals surface area contributed by atoms with E-state index in [1.54, 1.807) is 19.1 Å². The lowest BCUT2D eigenvalue weighted by atomic mass is 10.1. The zero-order chi connectivity index (χ0) is 20.6. The quantitative estimate of drug-likeness (QED) is 0.603. The highest BCUT2D eigenvalue weighted by Crippen LogP contribution is 2.38. The van der Waals surface area contributed by atoms with Crippen molar-refractivity contribution in [2.24, 2.45) is 0 Å². The van der Waals surface area contributed by atoms with Gasteiger partial charge in [0.2, 0.25) is 10.0 Å². The molecule has 10 nitrogen and oxygen atoms in total. The molecule has 1 fully saturated rings. The van der Waals surface area contributed by atoms with Gasteiger partial charge in [-0.25, -0.2) is 17.9 Å². The Morgan fingerprint density at radius 1 is 1.21 bits per heavy atom. The van der Waals surface area contributed by atoms with Gasteiger partial charge < -0.3 is 10.6 Å². The van der Waals surface area contributed by atoms with E-state index in [9.17, 15) is 18.0 Å². The molecule has 0 saturated carbocycles. The third-order valence-corrected chi connectivity index (χ3v) is 6.92. The number of rotatable bonds is 4. The van der Waals surface area contributed by atoms with Crippen molar-refractivity contribution in [3.63, 3.8) is 0 Å². The Labute approximate surface area is 167 Å². The van der Waals surface area contributed by atoms with Gasteiger partial charge >= 0.3 is 5.69 Å². The Bertz CT molecular complexity index is 1140. The van der Waals surface area contributed by atoms with Gasteiger partial charge in [-0.1, -0.05) is 6.07 Å². The van der Waals surface area contributed by atoms with Crippen molar-refractivity contribution in [1.82, 2.24) is 24.4 Å². The van der Waals surface area contributed by atoms with E-state index in [1.807, 2.05) is 0 Å². The van der Waals surface area contributed by atoms with Crippen molar-refractivity contribution in [2.45, 2.75) is 24.8 Å². The van der Waals surface area contributed by atoms with E-state index in [2.05, 4.69) is 20.7 Å². The van der Waals surface area contributed by atoms with Gasteiger partial charge in [-0.15, -0.1) is 0 Å². The van der Waals surface area contributed by atoms with Crippen LogP contribution in [0.5, 0.6) is 0 Å². The van der Waals surface area contributed by atoms with Crippen molar-refractivity contribution < 1.29 is 13.2 Å². The molecule has 11 heteroatoms. The van der Waals surface area contributed by atoms with Crippen LogP contribution in [-0.2, 0) is 21.4 Å². The summed E-state index contributed by atoms with van der Waals surface area (Å²) < 4.78 is 29.4. The Kier molecular flexibility index (Phi) is 5.11. The van der Waals surface area contributed by atoms with E-state index in [4.69, 9.17) is 0 Å². The summed E-state index contributed by atoms with van der Waals surface area (Å²) in [5.41, 5.74) is 0.495. The molecule has 1 amide bonds. The molecule has 0 radical (unpaired) electrons. The first-order valence-corrected chi connectivity index (χ1v) is 10.9. The Balaban J connectivity index is 1.82. The summed E-state index contributed by atoms with van der Waals surface area (Å²) in [6.45, 7) is 4.26. The highest BCUT2D eigenvalue weighted by atomic mass is 32.2. The van der Waals surface area contributed by atoms with Crippen LogP contribution in [0.1, 0.15) is 24.7 Å². The topological polar surface area (TPSA) is 129 Å². The van der Waals surface area contributed by atoms with Crippen LogP contribution >= 0.6 is 0 Å². The van der Waals surface area contributed by atoms with Crippen molar-refractivity contribution in [3.05, 3.63) is 40.1 Å². The van der Waals surface area contributed by atoms with Crippen LogP contribution < -0.4 is 16.3 Å². The molecule has 0 spiro atoms. The van der Waals surface area contributed by atoms with Crippen LogP contribution in [0.4, 0.5) is 5.69 Å². The van der Waals surface area contributed by atoms with E-state index >= 15 is 0 Å². The molecule has 0 bridgehead atoms. The van der Waals surface area contributed by atoms with Gasteiger partial charge in [0.1, 0.15) is 0 Å². The van der Waals surface area contributed by atoms with Crippen molar-refractivity contribution in [3.8, 4) is 0 Å². The minimum Gasteiger partial charge on any atom is -0.321 e. The van der Waals surface area contributed by atoms with E-state index in [0.29, 0.717) is 43.9 Å². The normalized spacial score (nSPS) is 19.2. The lowest BCUT2D eigenvalue weighted by molar-refractivity contribution is -0.110. The molecule has 3 N–H and O–H groups in total. The molecule has 1 aromatic heterocycles. The first kappa shape index (κ1) is 19.6. The average Bonchev–Trinajstić information content (AvgIpc) is 3.06. The lowest BCUT2D eigenvalue weighted by Gasteiger charge is -2.21. The monoisotopic (exact) mass is 418 g/mol. The van der Waals surface area contributed by atoms with Crippen LogP contribution in [0.3, 0.4) is 0 Å². The number of H-pyrrole nitrogens is 1. The number of hydrogen-bond donors (Lipinski definition) is 3. The molecule has 2 aromatic rings. The molecule has 0 aliphatic carbocycles. The number of fused-ring (bicyclic) bond motifs is 1. The smallest absolute Gasteiger partial charge is 0.321 e. The maximum Gasteiger partial charge on any atom is 0.343 e. The highest BCUT2D eigenvalue weighted by molar-refractivity contribution is 7.89. The second-order valence-electron chi connectivity index (χ2n) is 6.83. The summed E-state index contributed by atoms with van der Waals surface area (Å²) >= 11 is 0. The third kappa shape index (κ3) is 3.52. The predicted octanol–water partition coefficient (Wildman–Crippen LogP) is 0.0680. The Morgan fingerprint density at radius 2 is 2.03 bits per heavy atom. The summed E-state index contributed by atoms with van der Waals surface area (Å²) in [5.74, 6) is -0.242. The number of aromatic nitrogens is 3. The van der Waals surface area contributed by atoms with Gasteiger partial charge in [-0.2, -0.15) is 9.40 Å². The van der Waals surface area contributed by atoms with Crippen LogP contribution in [0.25, 0.3) is 11.6 Å². The van der Waals surface area contributed by atoms with Gasteiger partial charge in [0, 0.05) is 31.7 Å². The fourth-order valence-corrected chi connectivity index (χ4v) is 5.27. The molecule has 154 valence electrons. The molecule has 3 heterocycles. The number of amides is 1. The summed E-state index contributed by atoms with van der Waals surface area (Å²) in [5, 5.41) is 10.0. The fraction of sp³-hybridized carbons (Fsp3) is 0.389. The van der Waals surface area contributed by atoms with E-state index < -0.39 is 21.6 Å². The summed E-state index contributed by atoms with van der Waals surface area (Å²) in [6, 6.07) is 4.77. The number of hydrogen-bond acceptors (Lipinski definition) is 6. The van der Waals surface area contributed by atoms with Gasteiger partial charge in [-0.3, -0.25) is 9.78 Å². The number of aromatic amines is 1. The van der Waals surface area contributed by atoms with Gasteiger partial charge in [0.15, 0.2) is 5.82 Å². The van der Waals surface area contributed by atoms with E-state index in [1.165, 1.54) is 21.1 Å². The molecular formula is C18H22N6O4S. The first-order chi connectivity index (χ1) is 13.9. The van der Waals surface area contributed by atoms with Gasteiger partial charge in [-0.05, 0) is 38.1 Å². The number of sulfonamides is 1. The van der Waals surface area contributed by atoms with Crippen molar-refractivity contribution in [1.29, 1.82) is 0 Å². The first-order valence-electron chi connectivity index (χ1n) is 9.46. The second-order valence-corrected chi connectivity index (χ2v) is 8.74. The summed E-state index contributed by atoms with van der Waals surface area (Å²) in [4.78, 5) is 27.1. The number of anilines is 1. The van der Waals surface area contributed by atoms with Crippen molar-refractivity contribution >= 4 is 33.3 Å². The zero-order valence-corrected chi connectivity index (χ0v) is 16.8. The predicted molar refractivity (Wildman–Crippen MR) is 108 cm³/mol. The number of benzene rings is 1. The molecular weight excluding hydrogens is 396 g/mol. The minimum absolute atomic E-state index is 0.0683.